The van der Waals surface area contributed by atoms with Gasteiger partial charge in [-0.1, -0.05) is 77.1 Å². The third-order valence-corrected chi connectivity index (χ3v) is 12.6. The van der Waals surface area contributed by atoms with Crippen LogP contribution in [0, 0.1) is 34.5 Å². The molecule has 4 N–H and O–H groups in total. The fourth-order valence-corrected chi connectivity index (χ4v) is 10.2. The number of aliphatic hydroxyl groups excluding tert-OH is 2. The molecule has 7 nitrogen and oxygen atoms in total. The SMILES string of the molecule is C=C(CC)C1CCC(Cc2ccc(-c3ccc(O)c4c3C[C@]3(C)C[C@]5(C)C(C(C)C)C(O)=C(C(C)=O)C(=O)[C@]5(O)C(O)=C3C4=O)cc2)CC1. The van der Waals surface area contributed by atoms with Gasteiger partial charge >= 0.3 is 0 Å². The zero-order valence-corrected chi connectivity index (χ0v) is 29.7. The van der Waals surface area contributed by atoms with E-state index in [0.717, 1.165) is 30.9 Å². The third kappa shape index (κ3) is 5.14. The Balaban J connectivity index is 1.38. The van der Waals surface area contributed by atoms with Crippen LogP contribution in [-0.4, -0.2) is 43.4 Å². The van der Waals surface area contributed by atoms with Crippen molar-refractivity contribution in [3.05, 3.63) is 87.9 Å². The van der Waals surface area contributed by atoms with Crippen molar-refractivity contribution in [3.63, 3.8) is 0 Å². The topological polar surface area (TPSA) is 132 Å². The molecule has 7 heteroatoms. The van der Waals surface area contributed by atoms with Crippen LogP contribution in [0.1, 0.15) is 102 Å². The van der Waals surface area contributed by atoms with Crippen molar-refractivity contribution in [2.75, 3.05) is 0 Å². The molecule has 4 aliphatic rings. The van der Waals surface area contributed by atoms with Crippen molar-refractivity contribution in [1.82, 2.24) is 0 Å². The number of benzene rings is 2. The highest BCUT2D eigenvalue weighted by molar-refractivity contribution is 6.25. The molecule has 1 saturated carbocycles. The van der Waals surface area contributed by atoms with E-state index in [-0.39, 0.29) is 41.4 Å². The number of rotatable bonds is 7. The van der Waals surface area contributed by atoms with Crippen LogP contribution in [0.4, 0.5) is 0 Å². The Bertz CT molecular complexity index is 1820. The number of phenolic OH excluding ortho intramolecular Hbond substituents is 1. The number of Topliss-reactive ketones (excluding diaryl/α,β-unsaturated/α-hetero) is 3. The molecule has 2 aromatic carbocycles. The Labute approximate surface area is 289 Å². The Hall–Kier alpha value is -3.97. The lowest BCUT2D eigenvalue weighted by Gasteiger charge is -2.59. The molecule has 0 aliphatic heterocycles. The molecule has 0 radical (unpaired) electrons. The monoisotopic (exact) mass is 666 g/mol. The van der Waals surface area contributed by atoms with E-state index in [4.69, 9.17) is 0 Å². The van der Waals surface area contributed by atoms with E-state index in [2.05, 4.69) is 37.8 Å². The van der Waals surface area contributed by atoms with Crippen molar-refractivity contribution in [2.45, 2.75) is 98.5 Å². The van der Waals surface area contributed by atoms with E-state index in [1.807, 2.05) is 26.8 Å². The summed E-state index contributed by atoms with van der Waals surface area (Å²) in [6, 6.07) is 11.7. The summed E-state index contributed by atoms with van der Waals surface area (Å²) in [5, 5.41) is 46.6. The number of aliphatic hydroxyl groups is 3. The highest BCUT2D eigenvalue weighted by atomic mass is 16.3. The lowest BCUT2D eigenvalue weighted by molar-refractivity contribution is -0.171. The van der Waals surface area contributed by atoms with Gasteiger partial charge in [-0.15, -0.1) is 0 Å². The average molecular weight is 667 g/mol. The molecule has 0 saturated heterocycles. The fourth-order valence-electron chi connectivity index (χ4n) is 10.2. The summed E-state index contributed by atoms with van der Waals surface area (Å²) >= 11 is 0. The minimum Gasteiger partial charge on any atom is -0.511 e. The molecule has 260 valence electrons. The first-order valence-electron chi connectivity index (χ1n) is 17.8. The first-order valence-corrected chi connectivity index (χ1v) is 17.8. The van der Waals surface area contributed by atoms with Gasteiger partial charge in [0.05, 0.1) is 5.56 Å². The summed E-state index contributed by atoms with van der Waals surface area (Å²) in [5.74, 6) is -3.85. The molecule has 49 heavy (non-hydrogen) atoms. The maximum Gasteiger partial charge on any atom is 0.209 e. The van der Waals surface area contributed by atoms with Crippen molar-refractivity contribution in [2.24, 2.45) is 34.5 Å². The highest BCUT2D eigenvalue weighted by Crippen LogP contribution is 2.65. The second kappa shape index (κ2) is 12.1. The minimum absolute atomic E-state index is 0.0343. The van der Waals surface area contributed by atoms with Crippen molar-refractivity contribution in [1.29, 1.82) is 0 Å². The Morgan fingerprint density at radius 3 is 2.18 bits per heavy atom. The Morgan fingerprint density at radius 1 is 0.980 bits per heavy atom. The summed E-state index contributed by atoms with van der Waals surface area (Å²) in [6.07, 6.45) is 7.14. The van der Waals surface area contributed by atoms with Gasteiger partial charge in [0.1, 0.15) is 22.8 Å². The summed E-state index contributed by atoms with van der Waals surface area (Å²) in [7, 11) is 0. The zero-order chi connectivity index (χ0) is 35.8. The molecule has 0 amide bonds. The summed E-state index contributed by atoms with van der Waals surface area (Å²) in [5.41, 5.74) is -0.860. The molecular formula is C42H50O7. The van der Waals surface area contributed by atoms with Gasteiger partial charge in [0.2, 0.25) is 5.78 Å². The largest absolute Gasteiger partial charge is 0.511 e. The maximum absolute atomic E-state index is 14.4. The molecule has 0 spiro atoms. The number of carbonyl (C=O) groups is 3. The van der Waals surface area contributed by atoms with Crippen molar-refractivity contribution in [3.8, 4) is 16.9 Å². The van der Waals surface area contributed by atoms with Gasteiger partial charge in [0.15, 0.2) is 17.2 Å². The zero-order valence-electron chi connectivity index (χ0n) is 29.7. The quantitative estimate of drug-likeness (QED) is 0.173. The highest BCUT2D eigenvalue weighted by Gasteiger charge is 2.71. The van der Waals surface area contributed by atoms with Gasteiger partial charge in [-0.25, -0.2) is 0 Å². The van der Waals surface area contributed by atoms with Crippen LogP contribution < -0.4 is 0 Å². The van der Waals surface area contributed by atoms with E-state index >= 15 is 0 Å². The molecule has 4 aliphatic carbocycles. The first kappa shape index (κ1) is 34.9. The fraction of sp³-hybridized carbons (Fsp3) is 0.500. The Kier molecular flexibility index (Phi) is 8.62. The van der Waals surface area contributed by atoms with Crippen LogP contribution in [0.15, 0.2) is 71.2 Å². The van der Waals surface area contributed by atoms with Crippen LogP contribution >= 0.6 is 0 Å². The van der Waals surface area contributed by atoms with E-state index in [1.54, 1.807) is 6.92 Å². The number of ketones is 3. The number of carbonyl (C=O) groups excluding carboxylic acids is 3. The minimum atomic E-state index is -2.62. The van der Waals surface area contributed by atoms with Crippen LogP contribution in [-0.2, 0) is 22.4 Å². The third-order valence-electron chi connectivity index (χ3n) is 12.6. The molecular weight excluding hydrogens is 616 g/mol. The molecule has 2 aromatic rings. The van der Waals surface area contributed by atoms with E-state index in [1.165, 1.54) is 42.9 Å². The predicted octanol–water partition coefficient (Wildman–Crippen LogP) is 8.33. The summed E-state index contributed by atoms with van der Waals surface area (Å²) < 4.78 is 0. The number of hydrogen-bond donors (Lipinski definition) is 4. The Morgan fingerprint density at radius 2 is 1.61 bits per heavy atom. The second-order valence-corrected chi connectivity index (χ2v) is 16.1. The molecule has 0 aromatic heterocycles. The molecule has 1 unspecified atom stereocenters. The number of hydrogen-bond acceptors (Lipinski definition) is 7. The smallest absolute Gasteiger partial charge is 0.209 e. The number of aromatic hydroxyl groups is 1. The molecule has 0 heterocycles. The summed E-state index contributed by atoms with van der Waals surface area (Å²) in [4.78, 5) is 41.0. The standard InChI is InChI=1S/C42H50O7/c1-8-23(4)27-13-9-25(10-14-27)19-26-11-15-28(16-12-26)29-17-18-31(44)33-30(29)20-40(6)21-41(7)34(22(2)3)36(45)32(24(5)43)38(47)42(41,49)39(48)35(40)37(33)46/h11-12,15-18,22,25,27,34,44-45,48-49H,4,8-10,13-14,19-21H2,1-3,5-7H3/t25?,27?,34?,40-,41-,42+/m1/s1. The number of fused-ring (bicyclic) bond motifs is 3. The normalized spacial score (nSPS) is 31.4. The van der Waals surface area contributed by atoms with Gasteiger partial charge in [0, 0.05) is 22.3 Å². The second-order valence-electron chi connectivity index (χ2n) is 16.1. The lowest BCUT2D eigenvalue weighted by Crippen LogP contribution is -2.67. The summed E-state index contributed by atoms with van der Waals surface area (Å²) in [6.45, 7) is 14.7. The predicted molar refractivity (Wildman–Crippen MR) is 189 cm³/mol. The van der Waals surface area contributed by atoms with Crippen LogP contribution in [0.2, 0.25) is 0 Å². The van der Waals surface area contributed by atoms with Crippen LogP contribution in [0.5, 0.6) is 5.75 Å². The number of phenols is 1. The van der Waals surface area contributed by atoms with Gasteiger partial charge in [-0.2, -0.15) is 0 Å². The van der Waals surface area contributed by atoms with Crippen molar-refractivity contribution < 1.29 is 34.8 Å². The lowest BCUT2D eigenvalue weighted by atomic mass is 9.44. The molecule has 4 atom stereocenters. The molecule has 0 bridgehead atoms. The van der Waals surface area contributed by atoms with Gasteiger partial charge in [0.25, 0.3) is 0 Å². The van der Waals surface area contributed by atoms with Gasteiger partial charge in [-0.3, -0.25) is 14.4 Å². The molecule has 1 fully saturated rings. The van der Waals surface area contributed by atoms with E-state index < -0.39 is 51.0 Å². The average Bonchev–Trinajstić information content (AvgIpc) is 3.03. The van der Waals surface area contributed by atoms with E-state index in [0.29, 0.717) is 17.4 Å². The molecule has 6 rings (SSSR count). The van der Waals surface area contributed by atoms with E-state index in [9.17, 15) is 34.8 Å². The van der Waals surface area contributed by atoms with Crippen LogP contribution in [0.25, 0.3) is 11.1 Å². The van der Waals surface area contributed by atoms with Crippen LogP contribution in [0.3, 0.4) is 0 Å². The van der Waals surface area contributed by atoms with Gasteiger partial charge in [-0.05, 0) is 104 Å². The van der Waals surface area contributed by atoms with Gasteiger partial charge < -0.3 is 20.4 Å². The maximum atomic E-state index is 14.4. The first-order chi connectivity index (χ1) is 23.0. The number of allylic oxidation sites excluding steroid dienone is 3. The van der Waals surface area contributed by atoms with Crippen molar-refractivity contribution >= 4 is 17.3 Å².